The van der Waals surface area contributed by atoms with Gasteiger partial charge in [0.15, 0.2) is 11.6 Å². The highest BCUT2D eigenvalue weighted by atomic mass is 19.2. The molecular weight excluding hydrogens is 258 g/mol. The molecule has 1 heterocycles. The van der Waals surface area contributed by atoms with Crippen molar-refractivity contribution in [3.8, 4) is 0 Å². The summed E-state index contributed by atoms with van der Waals surface area (Å²) in [6, 6.07) is 4.76. The minimum Gasteiger partial charge on any atom is -0.309 e. The molecule has 0 aliphatic carbocycles. The van der Waals surface area contributed by atoms with Gasteiger partial charge in [0.25, 0.3) is 0 Å². The molecule has 0 saturated carbocycles. The van der Waals surface area contributed by atoms with Crippen LogP contribution in [0, 0.1) is 17.6 Å². The second kappa shape index (κ2) is 6.64. The quantitative estimate of drug-likeness (QED) is 0.891. The Bertz CT molecular complexity index is 450. The molecule has 1 aromatic rings. The summed E-state index contributed by atoms with van der Waals surface area (Å²) in [4.78, 5) is 2.36. The number of nitrogens with zero attached hydrogens (tertiary/aromatic N) is 1. The number of likely N-dealkylation sites (tertiary alicyclic amines) is 1. The molecule has 2 nitrogen and oxygen atoms in total. The fourth-order valence-electron chi connectivity index (χ4n) is 3.18. The van der Waals surface area contributed by atoms with E-state index in [1.807, 2.05) is 6.92 Å². The Morgan fingerprint density at radius 1 is 1.35 bits per heavy atom. The Morgan fingerprint density at radius 2 is 2.10 bits per heavy atom. The van der Waals surface area contributed by atoms with Crippen molar-refractivity contribution >= 4 is 0 Å². The number of nitrogens with one attached hydrogen (secondary N) is 1. The third kappa shape index (κ3) is 3.36. The Kier molecular flexibility index (Phi) is 5.11. The lowest BCUT2D eigenvalue weighted by Crippen LogP contribution is -2.37. The molecule has 2 rings (SSSR count). The molecule has 0 amide bonds. The van der Waals surface area contributed by atoms with Crippen LogP contribution in [-0.4, -0.2) is 30.6 Å². The minimum absolute atomic E-state index is 0.163. The summed E-state index contributed by atoms with van der Waals surface area (Å²) in [5, 5.41) is 3.28. The highest BCUT2D eigenvalue weighted by molar-refractivity contribution is 5.23. The van der Waals surface area contributed by atoms with Crippen molar-refractivity contribution in [1.82, 2.24) is 10.2 Å². The van der Waals surface area contributed by atoms with Crippen molar-refractivity contribution in [2.75, 3.05) is 19.6 Å². The van der Waals surface area contributed by atoms with Gasteiger partial charge in [0.1, 0.15) is 0 Å². The van der Waals surface area contributed by atoms with Crippen LogP contribution in [0.15, 0.2) is 18.2 Å². The molecule has 0 spiro atoms. The molecule has 1 aliphatic heterocycles. The molecule has 112 valence electrons. The van der Waals surface area contributed by atoms with Crippen molar-refractivity contribution in [1.29, 1.82) is 0 Å². The maximum absolute atomic E-state index is 14.0. The topological polar surface area (TPSA) is 15.3 Å². The van der Waals surface area contributed by atoms with Gasteiger partial charge in [-0.25, -0.2) is 8.78 Å². The first-order chi connectivity index (χ1) is 9.52. The highest BCUT2D eigenvalue weighted by Crippen LogP contribution is 2.26. The molecule has 1 fully saturated rings. The molecule has 20 heavy (non-hydrogen) atoms. The summed E-state index contributed by atoms with van der Waals surface area (Å²) in [6.45, 7) is 8.91. The van der Waals surface area contributed by atoms with E-state index in [4.69, 9.17) is 0 Å². The Morgan fingerprint density at radius 3 is 2.70 bits per heavy atom. The summed E-state index contributed by atoms with van der Waals surface area (Å²) in [6.07, 6.45) is 1.17. The van der Waals surface area contributed by atoms with Crippen molar-refractivity contribution in [2.24, 2.45) is 5.92 Å². The van der Waals surface area contributed by atoms with Gasteiger partial charge in [0.05, 0.1) is 0 Å². The first kappa shape index (κ1) is 15.4. The van der Waals surface area contributed by atoms with Crippen molar-refractivity contribution in [2.45, 2.75) is 39.3 Å². The van der Waals surface area contributed by atoms with Crippen molar-refractivity contribution < 1.29 is 8.78 Å². The summed E-state index contributed by atoms with van der Waals surface area (Å²) < 4.78 is 27.4. The van der Waals surface area contributed by atoms with Crippen LogP contribution in [0.1, 0.15) is 38.8 Å². The predicted octanol–water partition coefficient (Wildman–Crippen LogP) is 3.35. The lowest BCUT2D eigenvalue weighted by molar-refractivity contribution is 0.232. The molecule has 1 aliphatic rings. The molecule has 0 bridgehead atoms. The highest BCUT2D eigenvalue weighted by Gasteiger charge is 2.29. The van der Waals surface area contributed by atoms with E-state index in [1.165, 1.54) is 12.5 Å². The van der Waals surface area contributed by atoms with Gasteiger partial charge in [-0.05, 0) is 31.9 Å². The molecule has 1 aromatic carbocycles. The van der Waals surface area contributed by atoms with E-state index in [0.717, 1.165) is 19.6 Å². The van der Waals surface area contributed by atoms with Crippen LogP contribution in [0.2, 0.25) is 0 Å². The van der Waals surface area contributed by atoms with Gasteiger partial charge < -0.3 is 5.32 Å². The number of hydrogen-bond acceptors (Lipinski definition) is 2. The maximum atomic E-state index is 14.0. The number of halogens is 2. The smallest absolute Gasteiger partial charge is 0.163 e. The fourth-order valence-corrected chi connectivity index (χ4v) is 3.18. The lowest BCUT2D eigenvalue weighted by atomic mass is 10.0. The van der Waals surface area contributed by atoms with Crippen LogP contribution in [0.25, 0.3) is 0 Å². The largest absolute Gasteiger partial charge is 0.309 e. The monoisotopic (exact) mass is 282 g/mol. The number of benzene rings is 1. The molecule has 0 radical (unpaired) electrons. The number of hydrogen-bond donors (Lipinski definition) is 1. The van der Waals surface area contributed by atoms with E-state index < -0.39 is 11.6 Å². The van der Waals surface area contributed by atoms with Gasteiger partial charge in [0.2, 0.25) is 0 Å². The number of likely N-dealkylation sites (N-methyl/N-ethyl adjacent to an activating group) is 1. The normalized spacial score (nSPS) is 25.1. The van der Waals surface area contributed by atoms with Crippen molar-refractivity contribution in [3.63, 3.8) is 0 Å². The van der Waals surface area contributed by atoms with E-state index in [1.54, 1.807) is 12.1 Å². The second-order valence-corrected chi connectivity index (χ2v) is 5.90. The fraction of sp³-hybridized carbons (Fsp3) is 0.625. The standard InChI is InChI=1S/C16H24F2N2/c1-4-19-15(10-20-9-11(2)8-12(20)3)13-6-5-7-14(17)16(13)18/h5-7,11-12,15,19H,4,8-10H2,1-3H3. The molecule has 3 unspecified atom stereocenters. The lowest BCUT2D eigenvalue weighted by Gasteiger charge is -2.28. The van der Waals surface area contributed by atoms with Crippen LogP contribution in [-0.2, 0) is 0 Å². The minimum atomic E-state index is -0.770. The zero-order chi connectivity index (χ0) is 14.7. The zero-order valence-corrected chi connectivity index (χ0v) is 12.5. The Hall–Kier alpha value is -1.00. The summed E-state index contributed by atoms with van der Waals surface area (Å²) in [5.41, 5.74) is 0.429. The van der Waals surface area contributed by atoms with Crippen LogP contribution in [0.3, 0.4) is 0 Å². The third-order valence-electron chi connectivity index (χ3n) is 4.14. The van der Waals surface area contributed by atoms with Crippen LogP contribution in [0.5, 0.6) is 0 Å². The average Bonchev–Trinajstić information content (AvgIpc) is 2.71. The molecule has 1 saturated heterocycles. The Labute approximate surface area is 120 Å². The van der Waals surface area contributed by atoms with E-state index in [0.29, 0.717) is 17.5 Å². The van der Waals surface area contributed by atoms with E-state index in [9.17, 15) is 8.78 Å². The van der Waals surface area contributed by atoms with Gasteiger partial charge in [0, 0.05) is 30.7 Å². The van der Waals surface area contributed by atoms with Gasteiger partial charge in [-0.2, -0.15) is 0 Å². The van der Waals surface area contributed by atoms with E-state index >= 15 is 0 Å². The third-order valence-corrected chi connectivity index (χ3v) is 4.14. The van der Waals surface area contributed by atoms with Gasteiger partial charge in [-0.3, -0.25) is 4.90 Å². The molecule has 3 atom stereocenters. The summed E-state index contributed by atoms with van der Waals surface area (Å²) >= 11 is 0. The van der Waals surface area contributed by atoms with Gasteiger partial charge in [-0.1, -0.05) is 26.0 Å². The van der Waals surface area contributed by atoms with Crippen LogP contribution >= 0.6 is 0 Å². The summed E-state index contributed by atoms with van der Waals surface area (Å²) in [7, 11) is 0. The predicted molar refractivity (Wildman–Crippen MR) is 77.6 cm³/mol. The molecule has 0 aromatic heterocycles. The maximum Gasteiger partial charge on any atom is 0.163 e. The first-order valence-electron chi connectivity index (χ1n) is 7.44. The van der Waals surface area contributed by atoms with Gasteiger partial charge >= 0.3 is 0 Å². The zero-order valence-electron chi connectivity index (χ0n) is 12.5. The SMILES string of the molecule is CCNC(CN1CC(C)CC1C)c1cccc(F)c1F. The molecule has 1 N–H and O–H groups in total. The second-order valence-electron chi connectivity index (χ2n) is 5.90. The average molecular weight is 282 g/mol. The number of rotatable bonds is 5. The van der Waals surface area contributed by atoms with Crippen LogP contribution < -0.4 is 5.32 Å². The van der Waals surface area contributed by atoms with E-state index in [-0.39, 0.29) is 6.04 Å². The van der Waals surface area contributed by atoms with Crippen LogP contribution in [0.4, 0.5) is 8.78 Å². The van der Waals surface area contributed by atoms with Gasteiger partial charge in [-0.15, -0.1) is 0 Å². The molecular formula is C16H24F2N2. The van der Waals surface area contributed by atoms with E-state index in [2.05, 4.69) is 24.1 Å². The van der Waals surface area contributed by atoms with Crippen molar-refractivity contribution in [3.05, 3.63) is 35.4 Å². The summed E-state index contributed by atoms with van der Waals surface area (Å²) in [5.74, 6) is -0.823. The molecule has 4 heteroatoms. The Balaban J connectivity index is 2.16. The first-order valence-corrected chi connectivity index (χ1v) is 7.44.